The SMILES string of the molecule is CCCCCCNC(N)=NCC(O)COc1ccc(I)cc1.I. The number of benzene rings is 1. The number of hydrogen-bond donors (Lipinski definition) is 3. The second kappa shape index (κ2) is 14.1. The zero-order chi connectivity index (χ0) is 16.2. The number of hydrogen-bond acceptors (Lipinski definition) is 3. The van der Waals surface area contributed by atoms with Crippen LogP contribution in [-0.2, 0) is 0 Å². The van der Waals surface area contributed by atoms with E-state index in [2.05, 4.69) is 39.8 Å². The number of aliphatic hydroxyl groups is 1. The van der Waals surface area contributed by atoms with Crippen molar-refractivity contribution in [2.45, 2.75) is 38.7 Å². The van der Waals surface area contributed by atoms with Gasteiger partial charge < -0.3 is 20.9 Å². The summed E-state index contributed by atoms with van der Waals surface area (Å²) in [6.07, 6.45) is 4.08. The van der Waals surface area contributed by atoms with Gasteiger partial charge in [-0.3, -0.25) is 4.99 Å². The summed E-state index contributed by atoms with van der Waals surface area (Å²) in [5.41, 5.74) is 5.75. The van der Waals surface area contributed by atoms with E-state index in [0.717, 1.165) is 22.3 Å². The summed E-state index contributed by atoms with van der Waals surface area (Å²) in [5.74, 6) is 1.12. The molecule has 0 aliphatic heterocycles. The van der Waals surface area contributed by atoms with Crippen molar-refractivity contribution in [2.24, 2.45) is 10.7 Å². The number of nitrogens with one attached hydrogen (secondary N) is 1. The van der Waals surface area contributed by atoms with Gasteiger partial charge in [0.1, 0.15) is 18.5 Å². The van der Waals surface area contributed by atoms with Crippen LogP contribution < -0.4 is 15.8 Å². The smallest absolute Gasteiger partial charge is 0.188 e. The third-order valence-corrected chi connectivity index (χ3v) is 3.78. The molecule has 1 rings (SSSR count). The summed E-state index contributed by atoms with van der Waals surface area (Å²) in [7, 11) is 0. The molecule has 0 saturated carbocycles. The minimum atomic E-state index is -0.667. The molecule has 0 heterocycles. The molecule has 1 unspecified atom stereocenters. The normalized spacial score (nSPS) is 12.4. The van der Waals surface area contributed by atoms with Gasteiger partial charge in [-0.05, 0) is 53.3 Å². The Balaban J connectivity index is 0.00000484. The minimum Gasteiger partial charge on any atom is -0.491 e. The van der Waals surface area contributed by atoms with Crippen LogP contribution in [0.2, 0.25) is 0 Å². The molecule has 0 radical (unpaired) electrons. The zero-order valence-corrected chi connectivity index (χ0v) is 18.0. The van der Waals surface area contributed by atoms with E-state index < -0.39 is 6.10 Å². The van der Waals surface area contributed by atoms with Gasteiger partial charge in [-0.2, -0.15) is 0 Å². The number of unbranched alkanes of at least 4 members (excludes halogenated alkanes) is 3. The lowest BCUT2D eigenvalue weighted by Gasteiger charge is -2.11. The number of rotatable bonds is 10. The highest BCUT2D eigenvalue weighted by molar-refractivity contribution is 14.1. The van der Waals surface area contributed by atoms with Gasteiger partial charge in [0.2, 0.25) is 0 Å². The molecule has 1 aromatic rings. The molecule has 0 fully saturated rings. The molecule has 0 spiro atoms. The molecular weight excluding hydrogens is 520 g/mol. The van der Waals surface area contributed by atoms with Crippen molar-refractivity contribution in [2.75, 3.05) is 19.7 Å². The van der Waals surface area contributed by atoms with Crippen LogP contribution in [-0.4, -0.2) is 36.9 Å². The van der Waals surface area contributed by atoms with Gasteiger partial charge in [-0.25, -0.2) is 0 Å². The Morgan fingerprint density at radius 1 is 1.30 bits per heavy atom. The topological polar surface area (TPSA) is 79.9 Å². The van der Waals surface area contributed by atoms with Crippen LogP contribution in [0.15, 0.2) is 29.3 Å². The van der Waals surface area contributed by atoms with Crippen LogP contribution in [0, 0.1) is 3.57 Å². The van der Waals surface area contributed by atoms with Gasteiger partial charge in [0.15, 0.2) is 5.96 Å². The van der Waals surface area contributed by atoms with Gasteiger partial charge in [-0.1, -0.05) is 26.2 Å². The number of ether oxygens (including phenoxy) is 1. The summed E-state index contributed by atoms with van der Waals surface area (Å²) < 4.78 is 6.64. The molecule has 4 N–H and O–H groups in total. The fraction of sp³-hybridized carbons (Fsp3) is 0.562. The maximum Gasteiger partial charge on any atom is 0.188 e. The number of halogens is 2. The van der Waals surface area contributed by atoms with E-state index in [0.29, 0.717) is 5.96 Å². The van der Waals surface area contributed by atoms with E-state index >= 15 is 0 Å². The molecule has 1 atom stereocenters. The Bertz CT molecular complexity index is 441. The first-order valence-corrected chi connectivity index (χ1v) is 8.80. The van der Waals surface area contributed by atoms with Gasteiger partial charge in [-0.15, -0.1) is 24.0 Å². The van der Waals surface area contributed by atoms with Crippen molar-refractivity contribution in [3.63, 3.8) is 0 Å². The van der Waals surface area contributed by atoms with Crippen LogP contribution in [0.1, 0.15) is 32.6 Å². The molecular formula is C16H27I2N3O2. The molecule has 5 nitrogen and oxygen atoms in total. The molecule has 0 bridgehead atoms. The van der Waals surface area contributed by atoms with Crippen molar-refractivity contribution in [1.82, 2.24) is 5.32 Å². The lowest BCUT2D eigenvalue weighted by Crippen LogP contribution is -2.34. The number of nitrogens with zero attached hydrogens (tertiary/aromatic N) is 1. The summed E-state index contributed by atoms with van der Waals surface area (Å²) in [6, 6.07) is 7.68. The van der Waals surface area contributed by atoms with E-state index in [1.54, 1.807) is 0 Å². The van der Waals surface area contributed by atoms with Crippen molar-refractivity contribution in [1.29, 1.82) is 0 Å². The van der Waals surface area contributed by atoms with E-state index in [-0.39, 0.29) is 37.1 Å². The third-order valence-electron chi connectivity index (χ3n) is 3.06. The highest BCUT2D eigenvalue weighted by Crippen LogP contribution is 2.13. The number of aliphatic hydroxyl groups excluding tert-OH is 1. The predicted molar refractivity (Wildman–Crippen MR) is 115 cm³/mol. The Morgan fingerprint density at radius 2 is 2.00 bits per heavy atom. The van der Waals surface area contributed by atoms with Crippen LogP contribution in [0.3, 0.4) is 0 Å². The molecule has 0 aromatic heterocycles. The Hall–Kier alpha value is -0.290. The average Bonchev–Trinajstić information content (AvgIpc) is 2.52. The third kappa shape index (κ3) is 11.8. The van der Waals surface area contributed by atoms with Crippen molar-refractivity contribution < 1.29 is 9.84 Å². The number of aliphatic imine (C=N–C) groups is 1. The van der Waals surface area contributed by atoms with Crippen molar-refractivity contribution in [3.8, 4) is 5.75 Å². The summed E-state index contributed by atoms with van der Waals surface area (Å²) in [5, 5.41) is 12.9. The second-order valence-corrected chi connectivity index (χ2v) is 6.38. The highest BCUT2D eigenvalue weighted by Gasteiger charge is 2.05. The maximum absolute atomic E-state index is 9.84. The predicted octanol–water partition coefficient (Wildman–Crippen LogP) is 3.13. The number of nitrogens with two attached hydrogens (primary N) is 1. The van der Waals surface area contributed by atoms with Crippen LogP contribution in [0.25, 0.3) is 0 Å². The fourth-order valence-electron chi connectivity index (χ4n) is 1.80. The standard InChI is InChI=1S/C16H26IN3O2.HI/c1-2-3-4-5-10-19-16(18)20-11-14(21)12-22-15-8-6-13(17)7-9-15;/h6-9,14,21H,2-5,10-12H2,1H3,(H3,18,19,20);1H. The van der Waals surface area contributed by atoms with Gasteiger partial charge in [0.25, 0.3) is 0 Å². The zero-order valence-electron chi connectivity index (χ0n) is 13.5. The molecule has 7 heteroatoms. The first-order chi connectivity index (χ1) is 10.6. The lowest BCUT2D eigenvalue weighted by molar-refractivity contribution is 0.114. The molecule has 1 aromatic carbocycles. The largest absolute Gasteiger partial charge is 0.491 e. The second-order valence-electron chi connectivity index (χ2n) is 5.13. The molecule has 132 valence electrons. The molecule has 0 saturated heterocycles. The Morgan fingerprint density at radius 3 is 2.65 bits per heavy atom. The average molecular weight is 547 g/mol. The highest BCUT2D eigenvalue weighted by atomic mass is 127. The molecule has 0 aliphatic rings. The van der Waals surface area contributed by atoms with Gasteiger partial charge >= 0.3 is 0 Å². The van der Waals surface area contributed by atoms with Crippen LogP contribution in [0.4, 0.5) is 0 Å². The van der Waals surface area contributed by atoms with Gasteiger partial charge in [0.05, 0.1) is 6.54 Å². The maximum atomic E-state index is 9.84. The quantitative estimate of drug-likeness (QED) is 0.182. The Labute approximate surface area is 169 Å². The van der Waals surface area contributed by atoms with Gasteiger partial charge in [0, 0.05) is 10.1 Å². The summed E-state index contributed by atoms with van der Waals surface area (Å²) in [4.78, 5) is 4.12. The van der Waals surface area contributed by atoms with Crippen molar-refractivity contribution in [3.05, 3.63) is 27.8 Å². The van der Waals surface area contributed by atoms with E-state index in [9.17, 15) is 5.11 Å². The monoisotopic (exact) mass is 547 g/mol. The van der Waals surface area contributed by atoms with Crippen LogP contribution in [0.5, 0.6) is 5.75 Å². The molecule has 23 heavy (non-hydrogen) atoms. The lowest BCUT2D eigenvalue weighted by atomic mass is 10.2. The minimum absolute atomic E-state index is 0. The van der Waals surface area contributed by atoms with E-state index in [1.807, 2.05) is 24.3 Å². The fourth-order valence-corrected chi connectivity index (χ4v) is 2.16. The number of guanidine groups is 1. The van der Waals surface area contributed by atoms with E-state index in [1.165, 1.54) is 19.3 Å². The molecule has 0 amide bonds. The first-order valence-electron chi connectivity index (χ1n) is 7.72. The summed E-state index contributed by atoms with van der Waals surface area (Å²) >= 11 is 2.23. The van der Waals surface area contributed by atoms with E-state index in [4.69, 9.17) is 10.5 Å². The molecule has 0 aliphatic carbocycles. The Kier molecular flexibility index (Phi) is 13.9. The van der Waals surface area contributed by atoms with Crippen molar-refractivity contribution >= 4 is 52.5 Å². The van der Waals surface area contributed by atoms with Crippen LogP contribution >= 0.6 is 46.6 Å². The summed E-state index contributed by atoms with van der Waals surface area (Å²) in [6.45, 7) is 3.44. The first kappa shape index (κ1) is 22.7.